The largest absolute Gasteiger partial charge is 0.352 e. The van der Waals surface area contributed by atoms with Crippen LogP contribution in [0.3, 0.4) is 0 Å². The van der Waals surface area contributed by atoms with Gasteiger partial charge < -0.3 is 9.88 Å². The third-order valence-electron chi connectivity index (χ3n) is 5.09. The molecule has 4 nitrogen and oxygen atoms in total. The number of hydrogen-bond acceptors (Lipinski definition) is 3. The van der Waals surface area contributed by atoms with Crippen molar-refractivity contribution in [3.05, 3.63) is 35.0 Å². The van der Waals surface area contributed by atoms with Crippen molar-refractivity contribution >= 4 is 17.2 Å². The molecule has 0 aliphatic carbocycles. The SMILES string of the molecule is CN1CCC1CN1CCc2cc3[nH]c(C=O)cc3cc2C1. The number of carbonyl (C=O) groups is 1. The maximum absolute atomic E-state index is 10.9. The van der Waals surface area contributed by atoms with E-state index in [1.807, 2.05) is 6.07 Å². The van der Waals surface area contributed by atoms with Crippen LogP contribution in [-0.2, 0) is 13.0 Å². The molecule has 2 aliphatic rings. The van der Waals surface area contributed by atoms with Gasteiger partial charge >= 0.3 is 0 Å². The minimum absolute atomic E-state index is 0.667. The topological polar surface area (TPSA) is 39.3 Å². The summed E-state index contributed by atoms with van der Waals surface area (Å²) in [5.74, 6) is 0. The maximum Gasteiger partial charge on any atom is 0.166 e. The molecule has 1 unspecified atom stereocenters. The zero-order valence-electron chi connectivity index (χ0n) is 12.4. The average molecular weight is 283 g/mol. The Morgan fingerprint density at radius 1 is 1.29 bits per heavy atom. The summed E-state index contributed by atoms with van der Waals surface area (Å²) in [5, 5.41) is 1.15. The first kappa shape index (κ1) is 13.0. The second-order valence-electron chi connectivity index (χ2n) is 6.46. The number of likely N-dealkylation sites (N-methyl/N-ethyl adjacent to an activating group) is 1. The van der Waals surface area contributed by atoms with Crippen LogP contribution in [0.1, 0.15) is 28.0 Å². The zero-order chi connectivity index (χ0) is 14.4. The predicted octanol–water partition coefficient (Wildman–Crippen LogP) is 2.04. The number of likely N-dealkylation sites (tertiary alicyclic amines) is 1. The molecule has 21 heavy (non-hydrogen) atoms. The van der Waals surface area contributed by atoms with Crippen molar-refractivity contribution in [1.29, 1.82) is 0 Å². The molecule has 0 bridgehead atoms. The number of rotatable bonds is 3. The average Bonchev–Trinajstić information content (AvgIpc) is 2.90. The molecule has 2 aromatic rings. The van der Waals surface area contributed by atoms with Gasteiger partial charge in [-0.25, -0.2) is 0 Å². The van der Waals surface area contributed by atoms with E-state index in [-0.39, 0.29) is 0 Å². The van der Waals surface area contributed by atoms with Crippen molar-refractivity contribution in [2.24, 2.45) is 0 Å². The van der Waals surface area contributed by atoms with Gasteiger partial charge in [0, 0.05) is 36.6 Å². The summed E-state index contributed by atoms with van der Waals surface area (Å²) in [7, 11) is 2.22. The van der Waals surface area contributed by atoms with Gasteiger partial charge in [0.2, 0.25) is 0 Å². The fourth-order valence-electron chi connectivity index (χ4n) is 3.59. The molecule has 1 saturated heterocycles. The van der Waals surface area contributed by atoms with Gasteiger partial charge in [0.25, 0.3) is 0 Å². The molecule has 1 atom stereocenters. The number of aromatic amines is 1. The lowest BCUT2D eigenvalue weighted by Gasteiger charge is -2.42. The molecule has 4 rings (SSSR count). The molecule has 4 heteroatoms. The minimum Gasteiger partial charge on any atom is -0.352 e. The zero-order valence-corrected chi connectivity index (χ0v) is 12.4. The summed E-state index contributed by atoms with van der Waals surface area (Å²) >= 11 is 0. The Kier molecular flexibility index (Phi) is 3.08. The van der Waals surface area contributed by atoms with Crippen molar-refractivity contribution in [1.82, 2.24) is 14.8 Å². The summed E-state index contributed by atoms with van der Waals surface area (Å²) < 4.78 is 0. The number of hydrogen-bond donors (Lipinski definition) is 1. The Bertz CT molecular complexity index is 691. The standard InChI is InChI=1S/C17H21N3O/c1-19-4-3-16(19)10-20-5-2-12-8-17-13(6-14(12)9-20)7-15(11-21)18-17/h6-8,11,16,18H,2-5,9-10H2,1H3. The van der Waals surface area contributed by atoms with Crippen LogP contribution in [0.2, 0.25) is 0 Å². The molecule has 1 N–H and O–H groups in total. The number of carbonyl (C=O) groups excluding carboxylic acids is 1. The number of nitrogens with zero attached hydrogens (tertiary/aromatic N) is 2. The number of aldehydes is 1. The molecular weight excluding hydrogens is 262 g/mol. The molecule has 1 aromatic heterocycles. The van der Waals surface area contributed by atoms with Crippen LogP contribution in [-0.4, -0.2) is 53.8 Å². The van der Waals surface area contributed by atoms with Crippen molar-refractivity contribution in [2.75, 3.05) is 26.7 Å². The Labute approximate surface area is 124 Å². The van der Waals surface area contributed by atoms with Crippen LogP contribution in [0.15, 0.2) is 18.2 Å². The number of fused-ring (bicyclic) bond motifs is 2. The third kappa shape index (κ3) is 2.28. The first-order valence-electron chi connectivity index (χ1n) is 7.75. The highest BCUT2D eigenvalue weighted by Gasteiger charge is 2.27. The van der Waals surface area contributed by atoms with Crippen molar-refractivity contribution < 1.29 is 4.79 Å². The Morgan fingerprint density at radius 3 is 2.90 bits per heavy atom. The molecule has 110 valence electrons. The van der Waals surface area contributed by atoms with E-state index < -0.39 is 0 Å². The highest BCUT2D eigenvalue weighted by Crippen LogP contribution is 2.26. The molecule has 0 amide bonds. The van der Waals surface area contributed by atoms with Gasteiger partial charge in [0.05, 0.1) is 5.69 Å². The molecule has 3 heterocycles. The lowest BCUT2D eigenvalue weighted by atomic mass is 9.96. The lowest BCUT2D eigenvalue weighted by Crippen LogP contribution is -2.51. The van der Waals surface area contributed by atoms with Crippen molar-refractivity contribution in [3.8, 4) is 0 Å². The van der Waals surface area contributed by atoms with E-state index in [0.29, 0.717) is 5.69 Å². The third-order valence-corrected chi connectivity index (χ3v) is 5.09. The number of H-pyrrole nitrogens is 1. The second kappa shape index (κ2) is 4.97. The lowest BCUT2D eigenvalue weighted by molar-refractivity contribution is 0.0772. The minimum atomic E-state index is 0.667. The molecule has 0 radical (unpaired) electrons. The monoisotopic (exact) mass is 283 g/mol. The molecule has 0 spiro atoms. The van der Waals surface area contributed by atoms with Gasteiger partial charge in [-0.2, -0.15) is 0 Å². The first-order chi connectivity index (χ1) is 10.2. The number of benzene rings is 1. The van der Waals surface area contributed by atoms with E-state index in [4.69, 9.17) is 0 Å². The summed E-state index contributed by atoms with van der Waals surface area (Å²) in [6.45, 7) is 4.61. The summed E-state index contributed by atoms with van der Waals surface area (Å²) in [6, 6.07) is 7.17. The predicted molar refractivity (Wildman–Crippen MR) is 83.7 cm³/mol. The summed E-state index contributed by atoms with van der Waals surface area (Å²) in [4.78, 5) is 19.1. The fourth-order valence-corrected chi connectivity index (χ4v) is 3.59. The summed E-state index contributed by atoms with van der Waals surface area (Å²) in [5.41, 5.74) is 4.61. The molecule has 1 fully saturated rings. The van der Waals surface area contributed by atoms with E-state index in [0.717, 1.165) is 42.7 Å². The Balaban J connectivity index is 1.57. The molecular formula is C17H21N3O. The van der Waals surface area contributed by atoms with Crippen LogP contribution < -0.4 is 0 Å². The van der Waals surface area contributed by atoms with Crippen molar-refractivity contribution in [3.63, 3.8) is 0 Å². The number of aromatic nitrogens is 1. The first-order valence-corrected chi connectivity index (χ1v) is 7.75. The van der Waals surface area contributed by atoms with Gasteiger partial charge in [-0.3, -0.25) is 9.69 Å². The molecule has 0 saturated carbocycles. The van der Waals surface area contributed by atoms with Crippen molar-refractivity contribution in [2.45, 2.75) is 25.4 Å². The van der Waals surface area contributed by atoms with Crippen LogP contribution >= 0.6 is 0 Å². The van der Waals surface area contributed by atoms with Gasteiger partial charge in [-0.1, -0.05) is 0 Å². The van der Waals surface area contributed by atoms with Gasteiger partial charge in [0.1, 0.15) is 0 Å². The highest BCUT2D eigenvalue weighted by molar-refractivity contribution is 5.88. The highest BCUT2D eigenvalue weighted by atomic mass is 16.1. The van der Waals surface area contributed by atoms with Crippen LogP contribution in [0.5, 0.6) is 0 Å². The normalized spacial score (nSPS) is 23.0. The van der Waals surface area contributed by atoms with E-state index in [9.17, 15) is 4.79 Å². The van der Waals surface area contributed by atoms with Crippen LogP contribution in [0.25, 0.3) is 10.9 Å². The van der Waals surface area contributed by atoms with E-state index >= 15 is 0 Å². The smallest absolute Gasteiger partial charge is 0.166 e. The van der Waals surface area contributed by atoms with E-state index in [1.165, 1.54) is 30.6 Å². The Hall–Kier alpha value is -1.65. The second-order valence-corrected chi connectivity index (χ2v) is 6.46. The quantitative estimate of drug-likeness (QED) is 0.876. The van der Waals surface area contributed by atoms with Gasteiger partial charge in [-0.15, -0.1) is 0 Å². The van der Waals surface area contributed by atoms with Crippen LogP contribution in [0, 0.1) is 0 Å². The fraction of sp³-hybridized carbons (Fsp3) is 0.471. The van der Waals surface area contributed by atoms with E-state index in [1.54, 1.807) is 0 Å². The number of nitrogens with one attached hydrogen (secondary N) is 1. The van der Waals surface area contributed by atoms with Gasteiger partial charge in [-0.05, 0) is 55.8 Å². The molecule has 2 aliphatic heterocycles. The van der Waals surface area contributed by atoms with Gasteiger partial charge in [0.15, 0.2) is 6.29 Å². The Morgan fingerprint density at radius 2 is 2.19 bits per heavy atom. The maximum atomic E-state index is 10.9. The summed E-state index contributed by atoms with van der Waals surface area (Å²) in [6.07, 6.45) is 3.33. The van der Waals surface area contributed by atoms with E-state index in [2.05, 4.69) is 34.0 Å². The van der Waals surface area contributed by atoms with Crippen LogP contribution in [0.4, 0.5) is 0 Å². The molecule has 1 aromatic carbocycles.